The Morgan fingerprint density at radius 3 is 2.60 bits per heavy atom. The second-order valence-electron chi connectivity index (χ2n) is 3.88. The van der Waals surface area contributed by atoms with Gasteiger partial charge in [0.2, 0.25) is 5.91 Å². The highest BCUT2D eigenvalue weighted by Crippen LogP contribution is 2.13. The van der Waals surface area contributed by atoms with Gasteiger partial charge in [-0.05, 0) is 18.2 Å². The van der Waals surface area contributed by atoms with Crippen LogP contribution in [0.5, 0.6) is 0 Å². The molecule has 20 heavy (non-hydrogen) atoms. The second-order valence-corrected chi connectivity index (χ2v) is 3.88. The molecule has 0 fully saturated rings. The van der Waals surface area contributed by atoms with Gasteiger partial charge in [-0.25, -0.2) is 13.6 Å². The van der Waals surface area contributed by atoms with Crippen LogP contribution in [0.15, 0.2) is 30.5 Å². The summed E-state index contributed by atoms with van der Waals surface area (Å²) in [6, 6.07) is 4.19. The Labute approximate surface area is 111 Å². The van der Waals surface area contributed by atoms with Crippen LogP contribution in [0, 0.1) is 11.6 Å². The molecule has 104 valence electrons. The molecule has 0 aliphatic rings. The van der Waals surface area contributed by atoms with Crippen molar-refractivity contribution in [3.05, 3.63) is 47.8 Å². The van der Waals surface area contributed by atoms with Crippen molar-refractivity contribution in [1.29, 1.82) is 0 Å². The zero-order valence-corrected chi connectivity index (χ0v) is 10.0. The van der Waals surface area contributed by atoms with E-state index in [1.54, 1.807) is 0 Å². The maximum Gasteiger partial charge on any atom is 0.356 e. The van der Waals surface area contributed by atoms with E-state index in [1.807, 2.05) is 0 Å². The van der Waals surface area contributed by atoms with E-state index in [0.717, 1.165) is 16.8 Å². The minimum Gasteiger partial charge on any atom is -0.476 e. The fourth-order valence-electron chi connectivity index (χ4n) is 1.49. The van der Waals surface area contributed by atoms with Crippen LogP contribution in [0.4, 0.5) is 14.5 Å². The second kappa shape index (κ2) is 5.47. The van der Waals surface area contributed by atoms with E-state index in [1.165, 1.54) is 18.3 Å². The first-order chi connectivity index (χ1) is 9.45. The molecule has 0 saturated carbocycles. The third-order valence-electron chi connectivity index (χ3n) is 2.37. The Balaban J connectivity index is 2.01. The van der Waals surface area contributed by atoms with Crippen LogP contribution < -0.4 is 5.32 Å². The fraction of sp³-hybridized carbons (Fsp3) is 0.0833. The molecule has 0 bridgehead atoms. The normalized spacial score (nSPS) is 10.3. The van der Waals surface area contributed by atoms with Crippen molar-refractivity contribution < 1.29 is 23.5 Å². The quantitative estimate of drug-likeness (QED) is 0.889. The van der Waals surface area contributed by atoms with Crippen molar-refractivity contribution in [3.63, 3.8) is 0 Å². The lowest BCUT2D eigenvalue weighted by Gasteiger charge is -2.05. The van der Waals surface area contributed by atoms with E-state index in [-0.39, 0.29) is 17.9 Å². The SMILES string of the molecule is O=C(Cn1ccc(C(=O)O)n1)Nc1ccc(F)c(F)c1. The first-order valence-electron chi connectivity index (χ1n) is 5.47. The first-order valence-corrected chi connectivity index (χ1v) is 5.47. The van der Waals surface area contributed by atoms with Gasteiger partial charge in [0.25, 0.3) is 0 Å². The Morgan fingerprint density at radius 1 is 1.25 bits per heavy atom. The summed E-state index contributed by atoms with van der Waals surface area (Å²) in [6.07, 6.45) is 1.33. The molecule has 0 aliphatic heterocycles. The highest BCUT2D eigenvalue weighted by Gasteiger charge is 2.10. The molecule has 0 atom stereocenters. The van der Waals surface area contributed by atoms with Crippen LogP contribution in [0.25, 0.3) is 0 Å². The van der Waals surface area contributed by atoms with Gasteiger partial charge in [0, 0.05) is 18.0 Å². The molecule has 1 aromatic heterocycles. The van der Waals surface area contributed by atoms with Crippen molar-refractivity contribution in [1.82, 2.24) is 9.78 Å². The minimum absolute atomic E-state index is 0.0968. The summed E-state index contributed by atoms with van der Waals surface area (Å²) in [5, 5.41) is 14.7. The van der Waals surface area contributed by atoms with Gasteiger partial charge in [0.1, 0.15) is 6.54 Å². The van der Waals surface area contributed by atoms with Crippen LogP contribution in [0.3, 0.4) is 0 Å². The number of carbonyl (C=O) groups excluding carboxylic acids is 1. The molecule has 1 amide bonds. The lowest BCUT2D eigenvalue weighted by molar-refractivity contribution is -0.116. The van der Waals surface area contributed by atoms with Crippen LogP contribution in [-0.2, 0) is 11.3 Å². The topological polar surface area (TPSA) is 84.2 Å². The number of carbonyl (C=O) groups is 2. The van der Waals surface area contributed by atoms with Gasteiger partial charge in [-0.3, -0.25) is 9.48 Å². The molecule has 2 rings (SSSR count). The van der Waals surface area contributed by atoms with Crippen LogP contribution in [0.1, 0.15) is 10.5 Å². The van der Waals surface area contributed by atoms with E-state index >= 15 is 0 Å². The summed E-state index contributed by atoms with van der Waals surface area (Å²) in [7, 11) is 0. The molecular weight excluding hydrogens is 272 g/mol. The summed E-state index contributed by atoms with van der Waals surface area (Å²) in [4.78, 5) is 22.2. The van der Waals surface area contributed by atoms with E-state index < -0.39 is 23.5 Å². The van der Waals surface area contributed by atoms with Crippen molar-refractivity contribution in [2.24, 2.45) is 0 Å². The molecule has 2 aromatic rings. The number of nitrogens with zero attached hydrogens (tertiary/aromatic N) is 2. The zero-order chi connectivity index (χ0) is 14.7. The van der Waals surface area contributed by atoms with Gasteiger partial charge >= 0.3 is 5.97 Å². The van der Waals surface area contributed by atoms with Gasteiger partial charge in [-0.1, -0.05) is 0 Å². The number of nitrogens with one attached hydrogen (secondary N) is 1. The third-order valence-corrected chi connectivity index (χ3v) is 2.37. The average Bonchev–Trinajstić information content (AvgIpc) is 2.82. The highest BCUT2D eigenvalue weighted by atomic mass is 19.2. The minimum atomic E-state index is -1.20. The molecule has 0 radical (unpaired) electrons. The summed E-state index contributed by atoms with van der Waals surface area (Å²) >= 11 is 0. The summed E-state index contributed by atoms with van der Waals surface area (Å²) in [5.74, 6) is -3.84. The molecular formula is C12H9F2N3O3. The molecule has 2 N–H and O–H groups in total. The van der Waals surface area contributed by atoms with Gasteiger partial charge in [0.05, 0.1) is 0 Å². The van der Waals surface area contributed by atoms with Crippen molar-refractivity contribution in [2.75, 3.05) is 5.32 Å². The monoisotopic (exact) mass is 281 g/mol. The first kappa shape index (κ1) is 13.7. The Morgan fingerprint density at radius 2 is 2.00 bits per heavy atom. The number of carboxylic acids is 1. The van der Waals surface area contributed by atoms with Crippen molar-refractivity contribution >= 4 is 17.6 Å². The standard InChI is InChI=1S/C12H9F2N3O3/c13-8-2-1-7(5-9(8)14)15-11(18)6-17-4-3-10(16-17)12(19)20/h1-5H,6H2,(H,15,18)(H,19,20). The molecule has 6 nitrogen and oxygen atoms in total. The number of aromatic nitrogens is 2. The summed E-state index contributed by atoms with van der Waals surface area (Å²) in [5.41, 5.74) is -0.0925. The van der Waals surface area contributed by atoms with Crippen LogP contribution >= 0.6 is 0 Å². The van der Waals surface area contributed by atoms with Crippen LogP contribution in [-0.4, -0.2) is 26.8 Å². The van der Waals surface area contributed by atoms with Gasteiger partial charge in [-0.2, -0.15) is 5.10 Å². The largest absolute Gasteiger partial charge is 0.476 e. The molecule has 0 spiro atoms. The van der Waals surface area contributed by atoms with Gasteiger partial charge < -0.3 is 10.4 Å². The van der Waals surface area contributed by atoms with E-state index in [2.05, 4.69) is 10.4 Å². The molecule has 1 aromatic carbocycles. The predicted molar refractivity (Wildman–Crippen MR) is 64.2 cm³/mol. The number of amides is 1. The average molecular weight is 281 g/mol. The Hall–Kier alpha value is -2.77. The van der Waals surface area contributed by atoms with Crippen LogP contribution in [0.2, 0.25) is 0 Å². The number of carboxylic acid groups (broad SMARTS) is 1. The molecule has 8 heteroatoms. The van der Waals surface area contributed by atoms with Gasteiger partial charge in [0.15, 0.2) is 17.3 Å². The third kappa shape index (κ3) is 3.16. The molecule has 0 unspecified atom stereocenters. The number of aromatic carboxylic acids is 1. The lowest BCUT2D eigenvalue weighted by Crippen LogP contribution is -2.19. The summed E-state index contributed by atoms with van der Waals surface area (Å²) < 4.78 is 26.8. The van der Waals surface area contributed by atoms with Crippen molar-refractivity contribution in [3.8, 4) is 0 Å². The number of hydrogen-bond acceptors (Lipinski definition) is 3. The van der Waals surface area contributed by atoms with E-state index in [0.29, 0.717) is 0 Å². The molecule has 0 saturated heterocycles. The van der Waals surface area contributed by atoms with E-state index in [9.17, 15) is 18.4 Å². The van der Waals surface area contributed by atoms with Gasteiger partial charge in [-0.15, -0.1) is 0 Å². The number of benzene rings is 1. The van der Waals surface area contributed by atoms with Crippen molar-refractivity contribution in [2.45, 2.75) is 6.54 Å². The summed E-state index contributed by atoms with van der Waals surface area (Å²) in [6.45, 7) is -0.244. The smallest absolute Gasteiger partial charge is 0.356 e. The lowest BCUT2D eigenvalue weighted by atomic mass is 10.3. The van der Waals surface area contributed by atoms with E-state index in [4.69, 9.17) is 5.11 Å². The Bertz CT molecular complexity index is 670. The fourth-order valence-corrected chi connectivity index (χ4v) is 1.49. The Kier molecular flexibility index (Phi) is 3.74. The predicted octanol–water partition coefficient (Wildman–Crippen LogP) is 1.50. The maximum absolute atomic E-state index is 12.9. The highest BCUT2D eigenvalue weighted by molar-refractivity contribution is 5.90. The number of halogens is 2. The molecule has 1 heterocycles. The maximum atomic E-state index is 12.9. The zero-order valence-electron chi connectivity index (χ0n) is 10.0. The molecule has 0 aliphatic carbocycles. The number of anilines is 1. The number of rotatable bonds is 4. The number of hydrogen-bond donors (Lipinski definition) is 2.